The molecule has 2 rings (SSSR count). The zero-order valence-electron chi connectivity index (χ0n) is 8.71. The van der Waals surface area contributed by atoms with E-state index in [2.05, 4.69) is 57.3 Å². The van der Waals surface area contributed by atoms with Crippen LogP contribution in [0.15, 0.2) is 28.7 Å². The molecule has 1 N–H and O–H groups in total. The minimum absolute atomic E-state index is 0.887. The largest absolute Gasteiger partial charge is 0.312 e. The van der Waals surface area contributed by atoms with E-state index in [1.165, 1.54) is 28.0 Å². The Morgan fingerprint density at radius 1 is 1.40 bits per heavy atom. The van der Waals surface area contributed by atoms with Gasteiger partial charge in [0.25, 0.3) is 0 Å². The van der Waals surface area contributed by atoms with Gasteiger partial charge in [-0.2, -0.15) is 11.8 Å². The first-order valence-electron chi connectivity index (χ1n) is 5.38. The highest BCUT2D eigenvalue weighted by Crippen LogP contribution is 2.22. The van der Waals surface area contributed by atoms with E-state index in [0.717, 1.165) is 19.0 Å². The molecule has 1 aromatic rings. The number of nitrogens with one attached hydrogen (secondary N) is 1. The average Bonchev–Trinajstić information content (AvgIpc) is 2.74. The molecule has 0 aromatic heterocycles. The summed E-state index contributed by atoms with van der Waals surface area (Å²) in [4.78, 5) is 0. The molecule has 1 fully saturated rings. The summed E-state index contributed by atoms with van der Waals surface area (Å²) in [7, 11) is 0. The van der Waals surface area contributed by atoms with Crippen LogP contribution in [0.4, 0.5) is 0 Å². The van der Waals surface area contributed by atoms with Crippen LogP contribution in [0.5, 0.6) is 0 Å². The van der Waals surface area contributed by atoms with Crippen molar-refractivity contribution in [3.05, 3.63) is 34.3 Å². The molecule has 0 spiro atoms. The first-order chi connectivity index (χ1) is 7.36. The molecule has 1 aliphatic heterocycles. The van der Waals surface area contributed by atoms with Gasteiger partial charge in [-0.25, -0.2) is 0 Å². The van der Waals surface area contributed by atoms with Crippen LogP contribution in [-0.2, 0) is 6.54 Å². The second kappa shape index (κ2) is 5.92. The SMILES string of the molecule is Brc1ccccc1CNCC1CCSC1. The second-order valence-electron chi connectivity index (χ2n) is 3.95. The highest BCUT2D eigenvalue weighted by Gasteiger charge is 2.14. The van der Waals surface area contributed by atoms with E-state index >= 15 is 0 Å². The second-order valence-corrected chi connectivity index (χ2v) is 5.96. The number of hydrogen-bond acceptors (Lipinski definition) is 2. The average molecular weight is 286 g/mol. The van der Waals surface area contributed by atoms with Crippen LogP contribution in [0.1, 0.15) is 12.0 Å². The third-order valence-electron chi connectivity index (χ3n) is 2.73. The lowest BCUT2D eigenvalue weighted by Crippen LogP contribution is -2.22. The Hall–Kier alpha value is 0.01000. The summed E-state index contributed by atoms with van der Waals surface area (Å²) in [6.45, 7) is 2.14. The molecular weight excluding hydrogens is 270 g/mol. The maximum atomic E-state index is 3.57. The van der Waals surface area contributed by atoms with Crippen LogP contribution in [0.3, 0.4) is 0 Å². The molecule has 3 heteroatoms. The molecule has 1 saturated heterocycles. The van der Waals surface area contributed by atoms with Gasteiger partial charge in [0.1, 0.15) is 0 Å². The number of thioether (sulfide) groups is 1. The van der Waals surface area contributed by atoms with Crippen LogP contribution in [0.2, 0.25) is 0 Å². The van der Waals surface area contributed by atoms with Crippen molar-refractivity contribution in [2.45, 2.75) is 13.0 Å². The van der Waals surface area contributed by atoms with Gasteiger partial charge in [-0.1, -0.05) is 34.1 Å². The minimum atomic E-state index is 0.887. The molecule has 0 bridgehead atoms. The van der Waals surface area contributed by atoms with Crippen molar-refractivity contribution < 1.29 is 0 Å². The van der Waals surface area contributed by atoms with Gasteiger partial charge in [-0.3, -0.25) is 0 Å². The maximum absolute atomic E-state index is 3.57. The van der Waals surface area contributed by atoms with Crippen molar-refractivity contribution in [2.24, 2.45) is 5.92 Å². The molecule has 0 saturated carbocycles. The number of hydrogen-bond donors (Lipinski definition) is 1. The van der Waals surface area contributed by atoms with E-state index in [4.69, 9.17) is 0 Å². The Morgan fingerprint density at radius 2 is 2.27 bits per heavy atom. The Morgan fingerprint density at radius 3 is 3.00 bits per heavy atom. The van der Waals surface area contributed by atoms with Crippen molar-refractivity contribution in [2.75, 3.05) is 18.1 Å². The van der Waals surface area contributed by atoms with Crippen LogP contribution in [-0.4, -0.2) is 18.1 Å². The summed E-state index contributed by atoms with van der Waals surface area (Å²) < 4.78 is 1.21. The van der Waals surface area contributed by atoms with Gasteiger partial charge >= 0.3 is 0 Å². The van der Waals surface area contributed by atoms with E-state index in [1.54, 1.807) is 0 Å². The summed E-state index contributed by atoms with van der Waals surface area (Å²) in [5, 5.41) is 3.54. The lowest BCUT2D eigenvalue weighted by molar-refractivity contribution is 0.523. The van der Waals surface area contributed by atoms with Crippen LogP contribution < -0.4 is 5.32 Å². The summed E-state index contributed by atoms with van der Waals surface area (Å²) in [5.74, 6) is 3.57. The highest BCUT2D eigenvalue weighted by atomic mass is 79.9. The third-order valence-corrected chi connectivity index (χ3v) is 4.74. The van der Waals surface area contributed by atoms with Gasteiger partial charge in [0.15, 0.2) is 0 Å². The molecule has 15 heavy (non-hydrogen) atoms. The lowest BCUT2D eigenvalue weighted by atomic mass is 10.1. The quantitative estimate of drug-likeness (QED) is 0.911. The van der Waals surface area contributed by atoms with Crippen molar-refractivity contribution in [1.29, 1.82) is 0 Å². The van der Waals surface area contributed by atoms with E-state index in [-0.39, 0.29) is 0 Å². The number of rotatable bonds is 4. The van der Waals surface area contributed by atoms with Crippen molar-refractivity contribution >= 4 is 27.7 Å². The van der Waals surface area contributed by atoms with E-state index in [0.29, 0.717) is 0 Å². The van der Waals surface area contributed by atoms with Gasteiger partial charge in [0.05, 0.1) is 0 Å². The summed E-state index contributed by atoms with van der Waals surface area (Å²) in [6, 6.07) is 8.41. The molecule has 0 radical (unpaired) electrons. The highest BCUT2D eigenvalue weighted by molar-refractivity contribution is 9.10. The summed E-state index contributed by atoms with van der Waals surface area (Å²) in [6.07, 6.45) is 1.38. The zero-order chi connectivity index (χ0) is 10.5. The van der Waals surface area contributed by atoms with Crippen LogP contribution in [0.25, 0.3) is 0 Å². The fraction of sp³-hybridized carbons (Fsp3) is 0.500. The Labute approximate surface area is 104 Å². The van der Waals surface area contributed by atoms with Gasteiger partial charge in [-0.05, 0) is 42.0 Å². The van der Waals surface area contributed by atoms with Gasteiger partial charge in [0, 0.05) is 11.0 Å². The third kappa shape index (κ3) is 3.51. The molecule has 1 unspecified atom stereocenters. The zero-order valence-corrected chi connectivity index (χ0v) is 11.1. The molecule has 1 nitrogen and oxygen atoms in total. The topological polar surface area (TPSA) is 12.0 Å². The molecule has 0 amide bonds. The molecule has 1 aliphatic rings. The maximum Gasteiger partial charge on any atom is 0.0220 e. The first kappa shape index (κ1) is 11.5. The van der Waals surface area contributed by atoms with E-state index < -0.39 is 0 Å². The fourth-order valence-corrected chi connectivity index (χ4v) is 3.51. The fourth-order valence-electron chi connectivity index (χ4n) is 1.80. The predicted molar refractivity (Wildman–Crippen MR) is 71.3 cm³/mol. The Balaban J connectivity index is 1.75. The molecule has 0 aliphatic carbocycles. The normalized spacial score (nSPS) is 20.7. The van der Waals surface area contributed by atoms with Crippen molar-refractivity contribution in [3.63, 3.8) is 0 Å². The van der Waals surface area contributed by atoms with E-state index in [1.807, 2.05) is 0 Å². The minimum Gasteiger partial charge on any atom is -0.312 e. The van der Waals surface area contributed by atoms with Crippen LogP contribution >= 0.6 is 27.7 Å². The van der Waals surface area contributed by atoms with Crippen molar-refractivity contribution in [3.8, 4) is 0 Å². The molecule has 1 aromatic carbocycles. The first-order valence-corrected chi connectivity index (χ1v) is 7.33. The Bertz CT molecular complexity index is 310. The molecular formula is C12H16BrNS. The Kier molecular flexibility index (Phi) is 4.54. The van der Waals surface area contributed by atoms with Gasteiger partial charge < -0.3 is 5.32 Å². The van der Waals surface area contributed by atoms with Crippen LogP contribution in [0, 0.1) is 5.92 Å². The number of benzene rings is 1. The van der Waals surface area contributed by atoms with Gasteiger partial charge in [-0.15, -0.1) is 0 Å². The van der Waals surface area contributed by atoms with Crippen molar-refractivity contribution in [1.82, 2.24) is 5.32 Å². The molecule has 1 atom stereocenters. The summed E-state index contributed by atoms with van der Waals surface area (Å²) in [5.41, 5.74) is 1.35. The smallest absolute Gasteiger partial charge is 0.0220 e. The van der Waals surface area contributed by atoms with E-state index in [9.17, 15) is 0 Å². The summed E-state index contributed by atoms with van der Waals surface area (Å²) >= 11 is 5.65. The molecule has 82 valence electrons. The predicted octanol–water partition coefficient (Wildman–Crippen LogP) is 3.29. The monoisotopic (exact) mass is 285 g/mol. The lowest BCUT2D eigenvalue weighted by Gasteiger charge is -2.10. The van der Waals surface area contributed by atoms with Gasteiger partial charge in [0.2, 0.25) is 0 Å². The standard InChI is InChI=1S/C12H16BrNS/c13-12-4-2-1-3-11(12)8-14-7-10-5-6-15-9-10/h1-4,10,14H,5-9H2. The molecule has 1 heterocycles. The number of halogens is 1.